The minimum absolute atomic E-state index is 0.117. The molecule has 184 valence electrons. The summed E-state index contributed by atoms with van der Waals surface area (Å²) >= 11 is 1.66. The maximum atomic E-state index is 15.2. The van der Waals surface area contributed by atoms with Gasteiger partial charge in [-0.25, -0.2) is 9.37 Å². The van der Waals surface area contributed by atoms with Crippen LogP contribution in [0.5, 0.6) is 0 Å². The highest BCUT2D eigenvalue weighted by atomic mass is 32.1. The van der Waals surface area contributed by atoms with Gasteiger partial charge in [0.15, 0.2) is 0 Å². The van der Waals surface area contributed by atoms with E-state index in [4.69, 9.17) is 9.98 Å². The maximum Gasteiger partial charge on any atom is 0.135 e. The van der Waals surface area contributed by atoms with E-state index in [1.165, 1.54) is 0 Å². The lowest BCUT2D eigenvalue weighted by Gasteiger charge is -2.19. The minimum atomic E-state index is -0.198. The molecule has 1 fully saturated rings. The quantitative estimate of drug-likeness (QED) is 0.253. The summed E-state index contributed by atoms with van der Waals surface area (Å²) in [6, 6.07) is 5.92. The molecule has 1 aliphatic heterocycles. The number of aromatic nitrogens is 1. The van der Waals surface area contributed by atoms with Gasteiger partial charge in [0.25, 0.3) is 0 Å². The molecule has 4 nitrogen and oxygen atoms in total. The fourth-order valence-electron chi connectivity index (χ4n) is 3.88. The highest BCUT2D eigenvalue weighted by Crippen LogP contribution is 2.40. The number of hydrogen-bond acceptors (Lipinski definition) is 4. The highest BCUT2D eigenvalue weighted by molar-refractivity contribution is 7.13. The molecule has 6 heteroatoms. The first-order valence-electron chi connectivity index (χ1n) is 12.4. The monoisotopic (exact) mass is 482 g/mol. The van der Waals surface area contributed by atoms with Crippen LogP contribution in [0.2, 0.25) is 0 Å². The highest BCUT2D eigenvalue weighted by Gasteiger charge is 2.25. The Morgan fingerprint density at radius 2 is 2.03 bits per heavy atom. The molecule has 0 atom stereocenters. The Morgan fingerprint density at radius 3 is 2.71 bits per heavy atom. The fourth-order valence-corrected chi connectivity index (χ4v) is 5.04. The van der Waals surface area contributed by atoms with Crippen molar-refractivity contribution < 1.29 is 4.39 Å². The molecule has 34 heavy (non-hydrogen) atoms. The zero-order valence-electron chi connectivity index (χ0n) is 21.5. The number of aryl methyl sites for hydroxylation is 1. The first kappa shape index (κ1) is 26.3. The number of aliphatic imine (C=N–C) groups is 1. The van der Waals surface area contributed by atoms with E-state index in [-0.39, 0.29) is 11.2 Å². The van der Waals surface area contributed by atoms with Crippen LogP contribution in [0.25, 0.3) is 16.8 Å². The van der Waals surface area contributed by atoms with Crippen molar-refractivity contribution in [3.05, 3.63) is 57.8 Å². The summed E-state index contributed by atoms with van der Waals surface area (Å²) < 4.78 is 15.2. The van der Waals surface area contributed by atoms with Crippen LogP contribution in [0.4, 0.5) is 4.39 Å². The smallest absolute Gasteiger partial charge is 0.135 e. The zero-order chi connectivity index (χ0) is 24.7. The van der Waals surface area contributed by atoms with Gasteiger partial charge in [0.1, 0.15) is 5.82 Å². The molecule has 0 aliphatic carbocycles. The molecule has 0 amide bonds. The standard InChI is InChI=1S/C28H39FN4S/c1-7-8-11-21(13-18-31-20(3)32-22-14-16-30-17-15-22)26-25(33-27(34-26)28(4,5)6)23-12-9-10-19(2)24(23)29/h9-13,18,22,30H,7-8,14-17H2,1-6H3,(H,31,32)/b18-13-,21-11-. The van der Waals surface area contributed by atoms with E-state index in [1.807, 2.05) is 25.3 Å². The number of benzene rings is 1. The third-order valence-corrected chi connectivity index (χ3v) is 7.40. The molecule has 1 aromatic heterocycles. The van der Waals surface area contributed by atoms with Gasteiger partial charge in [-0.05, 0) is 69.5 Å². The van der Waals surface area contributed by atoms with Crippen molar-refractivity contribution in [3.8, 4) is 11.3 Å². The Kier molecular flexibility index (Phi) is 9.20. The Labute approximate surface area is 208 Å². The van der Waals surface area contributed by atoms with Crippen LogP contribution < -0.4 is 10.6 Å². The van der Waals surface area contributed by atoms with E-state index in [2.05, 4.69) is 50.5 Å². The van der Waals surface area contributed by atoms with Gasteiger partial charge in [-0.15, -0.1) is 11.3 Å². The van der Waals surface area contributed by atoms with E-state index in [0.717, 1.165) is 65.8 Å². The number of hydrogen-bond donors (Lipinski definition) is 2. The molecule has 1 aromatic carbocycles. The molecular formula is C28H39FN4S. The van der Waals surface area contributed by atoms with Gasteiger partial charge in [-0.1, -0.05) is 52.3 Å². The molecule has 0 radical (unpaired) electrons. The molecule has 0 unspecified atom stereocenters. The third-order valence-electron chi connectivity index (χ3n) is 5.87. The van der Waals surface area contributed by atoms with Crippen LogP contribution in [0.3, 0.4) is 0 Å². The van der Waals surface area contributed by atoms with Gasteiger partial charge in [0.05, 0.1) is 27.5 Å². The lowest BCUT2D eigenvalue weighted by atomic mass is 9.98. The second kappa shape index (κ2) is 11.9. The van der Waals surface area contributed by atoms with Gasteiger partial charge in [-0.3, -0.25) is 4.99 Å². The molecule has 1 aliphatic rings. The normalized spacial score (nSPS) is 16.4. The number of thiazole rings is 1. The van der Waals surface area contributed by atoms with Crippen molar-refractivity contribution in [2.75, 3.05) is 13.1 Å². The molecule has 1 saturated heterocycles. The van der Waals surface area contributed by atoms with Gasteiger partial charge in [0.2, 0.25) is 0 Å². The summed E-state index contributed by atoms with van der Waals surface area (Å²) in [5.41, 5.74) is 2.87. The summed E-state index contributed by atoms with van der Waals surface area (Å²) in [6.45, 7) is 14.5. The molecule has 0 spiro atoms. The van der Waals surface area contributed by atoms with E-state index in [1.54, 1.807) is 24.3 Å². The summed E-state index contributed by atoms with van der Waals surface area (Å²) in [5, 5.41) is 7.73. The SMILES string of the molecule is CCC/C=C(/C=C\NC(C)=NC1CCNCC1)c1sc(C(C)(C)C)nc1-c1cccc(C)c1F. The van der Waals surface area contributed by atoms with Crippen LogP contribution in [0, 0.1) is 12.7 Å². The Balaban J connectivity index is 1.96. The predicted octanol–water partition coefficient (Wildman–Crippen LogP) is 7.01. The van der Waals surface area contributed by atoms with Gasteiger partial charge in [-0.2, -0.15) is 0 Å². The summed E-state index contributed by atoms with van der Waals surface area (Å²) in [7, 11) is 0. The van der Waals surface area contributed by atoms with Crippen molar-refractivity contribution in [3.63, 3.8) is 0 Å². The van der Waals surface area contributed by atoms with Crippen LogP contribution >= 0.6 is 11.3 Å². The van der Waals surface area contributed by atoms with E-state index in [9.17, 15) is 0 Å². The number of nitrogens with one attached hydrogen (secondary N) is 2. The molecule has 0 saturated carbocycles. The molecule has 2 N–H and O–H groups in total. The average Bonchev–Trinajstić information content (AvgIpc) is 3.24. The van der Waals surface area contributed by atoms with Crippen molar-refractivity contribution >= 4 is 22.7 Å². The van der Waals surface area contributed by atoms with Crippen LogP contribution in [0.1, 0.15) is 75.8 Å². The summed E-state index contributed by atoms with van der Waals surface area (Å²) in [4.78, 5) is 10.8. The molecular weight excluding hydrogens is 443 g/mol. The first-order chi connectivity index (χ1) is 16.2. The van der Waals surface area contributed by atoms with Crippen molar-refractivity contribution in [1.29, 1.82) is 0 Å². The largest absolute Gasteiger partial charge is 0.351 e. The van der Waals surface area contributed by atoms with Crippen molar-refractivity contribution in [2.45, 2.75) is 78.7 Å². The number of unbranched alkanes of at least 4 members (excludes halogenated alkanes) is 1. The zero-order valence-corrected chi connectivity index (χ0v) is 22.3. The van der Waals surface area contributed by atoms with E-state index >= 15 is 4.39 Å². The topological polar surface area (TPSA) is 49.3 Å². The number of amidine groups is 1. The van der Waals surface area contributed by atoms with E-state index < -0.39 is 0 Å². The lowest BCUT2D eigenvalue weighted by molar-refractivity contribution is 0.459. The molecule has 0 bridgehead atoms. The lowest BCUT2D eigenvalue weighted by Crippen LogP contribution is -2.31. The van der Waals surface area contributed by atoms with E-state index in [0.29, 0.717) is 17.2 Å². The first-order valence-corrected chi connectivity index (χ1v) is 13.2. The van der Waals surface area contributed by atoms with Crippen LogP contribution in [-0.4, -0.2) is 30.0 Å². The molecule has 3 rings (SSSR count). The summed E-state index contributed by atoms with van der Waals surface area (Å²) in [6.07, 6.45) is 10.4. The van der Waals surface area contributed by atoms with Crippen LogP contribution in [-0.2, 0) is 5.41 Å². The number of halogens is 1. The average molecular weight is 483 g/mol. The minimum Gasteiger partial charge on any atom is -0.351 e. The molecule has 2 heterocycles. The Hall–Kier alpha value is -2.31. The Morgan fingerprint density at radius 1 is 1.29 bits per heavy atom. The number of allylic oxidation sites excluding steroid dienone is 3. The van der Waals surface area contributed by atoms with Gasteiger partial charge < -0.3 is 10.6 Å². The maximum absolute atomic E-state index is 15.2. The van der Waals surface area contributed by atoms with Crippen LogP contribution in [0.15, 0.2) is 41.5 Å². The van der Waals surface area contributed by atoms with Gasteiger partial charge >= 0.3 is 0 Å². The second-order valence-corrected chi connectivity index (χ2v) is 11.0. The molecule has 2 aromatic rings. The predicted molar refractivity (Wildman–Crippen MR) is 145 cm³/mol. The third kappa shape index (κ3) is 6.86. The second-order valence-electron chi connectivity index (χ2n) is 10.0. The summed E-state index contributed by atoms with van der Waals surface area (Å²) in [5.74, 6) is 0.721. The van der Waals surface area contributed by atoms with Gasteiger partial charge in [0, 0.05) is 17.2 Å². The van der Waals surface area contributed by atoms with Crippen molar-refractivity contribution in [2.24, 2.45) is 4.99 Å². The Bertz CT molecular complexity index is 1050. The van der Waals surface area contributed by atoms with Crippen molar-refractivity contribution in [1.82, 2.24) is 15.6 Å². The number of rotatable bonds is 7. The number of nitrogens with zero attached hydrogens (tertiary/aromatic N) is 2. The fraction of sp³-hybridized carbons (Fsp3) is 0.500. The number of piperidine rings is 1.